The molecule has 134 valence electrons. The largest absolute Gasteiger partial charge is 0.744 e. The van der Waals surface area contributed by atoms with E-state index in [4.69, 9.17) is 0 Å². The van der Waals surface area contributed by atoms with Crippen LogP contribution in [0.1, 0.15) is 0 Å². The molecule has 0 heterocycles. The van der Waals surface area contributed by atoms with Gasteiger partial charge in [-0.05, 0) is 24.3 Å². The molecule has 4 aromatic carbocycles. The fourth-order valence-electron chi connectivity index (χ4n) is 3.02. The highest BCUT2D eigenvalue weighted by Crippen LogP contribution is 2.35. The number of hydrogen-bond acceptors (Lipinski definition) is 6. The van der Waals surface area contributed by atoms with Gasteiger partial charge in [0, 0.05) is 21.5 Å². The summed E-state index contributed by atoms with van der Waals surface area (Å²) in [6.07, 6.45) is 0. The third kappa shape index (κ3) is 3.14. The van der Waals surface area contributed by atoms with Gasteiger partial charge in [0.05, 0.1) is 16.3 Å². The van der Waals surface area contributed by atoms with Gasteiger partial charge in [0.15, 0.2) is 0 Å². The number of phenolic OH excluding ortho intramolecular Hbond substituents is 1. The average Bonchev–Trinajstić information content (AvgIpc) is 2.66. The number of benzene rings is 4. The highest BCUT2D eigenvalue weighted by molar-refractivity contribution is 7.86. The van der Waals surface area contributed by atoms with Gasteiger partial charge in [-0.1, -0.05) is 48.5 Å². The Hall–Kier alpha value is -3.29. The third-order valence-corrected chi connectivity index (χ3v) is 5.17. The molecule has 0 atom stereocenters. The van der Waals surface area contributed by atoms with E-state index in [0.717, 1.165) is 5.39 Å². The van der Waals surface area contributed by atoms with E-state index < -0.39 is 10.1 Å². The topological polar surface area (TPSA) is 102 Å². The Bertz CT molecular complexity index is 1310. The lowest BCUT2D eigenvalue weighted by atomic mass is 10.1. The SMILES string of the molecule is O=S(=O)([O-])c1ccc(N=Nc2ccc(O)c3ccccc23)c2ccccc12. The summed E-state index contributed by atoms with van der Waals surface area (Å²) in [4.78, 5) is -0.285. The van der Waals surface area contributed by atoms with Gasteiger partial charge in [0.2, 0.25) is 0 Å². The summed E-state index contributed by atoms with van der Waals surface area (Å²) in [5, 5.41) is 20.7. The van der Waals surface area contributed by atoms with Gasteiger partial charge in [-0.2, -0.15) is 0 Å². The minimum atomic E-state index is -4.60. The van der Waals surface area contributed by atoms with Crippen LogP contribution in [-0.2, 0) is 10.1 Å². The van der Waals surface area contributed by atoms with E-state index in [1.54, 1.807) is 42.5 Å². The molecule has 0 aliphatic rings. The first-order valence-electron chi connectivity index (χ1n) is 8.05. The van der Waals surface area contributed by atoms with Gasteiger partial charge < -0.3 is 9.66 Å². The van der Waals surface area contributed by atoms with E-state index in [2.05, 4.69) is 10.2 Å². The lowest BCUT2D eigenvalue weighted by Gasteiger charge is -2.11. The van der Waals surface area contributed by atoms with Crippen LogP contribution in [-0.4, -0.2) is 18.1 Å². The van der Waals surface area contributed by atoms with Crippen LogP contribution in [0.5, 0.6) is 5.75 Å². The molecule has 0 spiro atoms. The molecule has 7 heteroatoms. The lowest BCUT2D eigenvalue weighted by Crippen LogP contribution is -1.99. The van der Waals surface area contributed by atoms with Crippen LogP contribution in [0.25, 0.3) is 21.5 Å². The summed E-state index contributed by atoms with van der Waals surface area (Å²) in [5.74, 6) is 0.153. The van der Waals surface area contributed by atoms with Gasteiger partial charge in [-0.15, -0.1) is 10.2 Å². The van der Waals surface area contributed by atoms with E-state index in [1.165, 1.54) is 12.1 Å². The standard InChI is InChI=1S/C20H14N2O4S/c23-19-11-9-17(13-5-1-3-7-15(13)19)21-22-18-10-12-20(27(24,25)26)16-8-4-2-6-14(16)18/h1-12,23H,(H,24,25,26)/p-1. The molecule has 0 radical (unpaired) electrons. The zero-order chi connectivity index (χ0) is 19.0. The molecular formula is C20H13N2O4S-. The van der Waals surface area contributed by atoms with Crippen LogP contribution >= 0.6 is 0 Å². The van der Waals surface area contributed by atoms with E-state index in [1.807, 2.05) is 18.2 Å². The van der Waals surface area contributed by atoms with Crippen molar-refractivity contribution in [2.24, 2.45) is 10.2 Å². The molecule has 0 unspecified atom stereocenters. The van der Waals surface area contributed by atoms with Gasteiger partial charge in [-0.25, -0.2) is 8.42 Å². The van der Waals surface area contributed by atoms with E-state index in [-0.39, 0.29) is 10.6 Å². The van der Waals surface area contributed by atoms with E-state index in [9.17, 15) is 18.1 Å². The highest BCUT2D eigenvalue weighted by Gasteiger charge is 2.10. The summed E-state index contributed by atoms with van der Waals surface area (Å²) >= 11 is 0. The molecule has 0 bridgehead atoms. The Balaban J connectivity index is 1.87. The summed E-state index contributed by atoms with van der Waals surface area (Å²) in [6.45, 7) is 0. The second kappa shape index (κ2) is 6.46. The zero-order valence-corrected chi connectivity index (χ0v) is 14.7. The monoisotopic (exact) mass is 377 g/mol. The minimum Gasteiger partial charge on any atom is -0.744 e. The predicted molar refractivity (Wildman–Crippen MR) is 102 cm³/mol. The number of hydrogen-bond donors (Lipinski definition) is 1. The molecule has 0 saturated carbocycles. The molecule has 6 nitrogen and oxygen atoms in total. The predicted octanol–water partition coefficient (Wildman–Crippen LogP) is 5.02. The smallest absolute Gasteiger partial charge is 0.125 e. The van der Waals surface area contributed by atoms with Crippen molar-refractivity contribution in [2.45, 2.75) is 4.90 Å². The molecular weight excluding hydrogens is 364 g/mol. The van der Waals surface area contributed by atoms with Crippen LogP contribution < -0.4 is 0 Å². The third-order valence-electron chi connectivity index (χ3n) is 4.27. The molecule has 0 aliphatic heterocycles. The van der Waals surface area contributed by atoms with E-state index in [0.29, 0.717) is 27.5 Å². The Labute approximate surface area is 155 Å². The fourth-order valence-corrected chi connectivity index (χ4v) is 3.70. The maximum absolute atomic E-state index is 11.5. The van der Waals surface area contributed by atoms with Crippen molar-refractivity contribution in [3.63, 3.8) is 0 Å². The summed E-state index contributed by atoms with van der Waals surface area (Å²) < 4.78 is 34.4. The highest BCUT2D eigenvalue weighted by atomic mass is 32.2. The molecule has 0 fully saturated rings. The van der Waals surface area contributed by atoms with Crippen molar-refractivity contribution >= 4 is 43.0 Å². The van der Waals surface area contributed by atoms with Crippen molar-refractivity contribution in [1.29, 1.82) is 0 Å². The molecule has 27 heavy (non-hydrogen) atoms. The van der Waals surface area contributed by atoms with Crippen molar-refractivity contribution in [3.05, 3.63) is 72.8 Å². The quantitative estimate of drug-likeness (QED) is 0.400. The van der Waals surface area contributed by atoms with Crippen molar-refractivity contribution in [3.8, 4) is 5.75 Å². The average molecular weight is 377 g/mol. The van der Waals surface area contributed by atoms with E-state index >= 15 is 0 Å². The van der Waals surface area contributed by atoms with Crippen molar-refractivity contribution in [1.82, 2.24) is 0 Å². The van der Waals surface area contributed by atoms with Crippen LogP contribution in [0.4, 0.5) is 11.4 Å². The Morgan fingerprint density at radius 2 is 1.15 bits per heavy atom. The van der Waals surface area contributed by atoms with Gasteiger partial charge in [0.25, 0.3) is 0 Å². The molecule has 0 saturated heterocycles. The van der Waals surface area contributed by atoms with Crippen LogP contribution in [0, 0.1) is 0 Å². The Kier molecular flexibility index (Phi) is 4.10. The summed E-state index contributed by atoms with van der Waals surface area (Å²) in [7, 11) is -4.60. The normalized spacial score (nSPS) is 12.2. The minimum absolute atomic E-state index is 0.153. The Morgan fingerprint density at radius 3 is 1.74 bits per heavy atom. The van der Waals surface area contributed by atoms with Gasteiger partial charge >= 0.3 is 0 Å². The first-order valence-corrected chi connectivity index (χ1v) is 9.46. The Morgan fingerprint density at radius 1 is 0.667 bits per heavy atom. The van der Waals surface area contributed by atoms with Gasteiger partial charge in [0.1, 0.15) is 15.9 Å². The maximum atomic E-state index is 11.5. The van der Waals surface area contributed by atoms with Crippen LogP contribution in [0.15, 0.2) is 87.9 Å². The van der Waals surface area contributed by atoms with Gasteiger partial charge in [-0.3, -0.25) is 0 Å². The zero-order valence-electron chi connectivity index (χ0n) is 13.9. The molecule has 1 N–H and O–H groups in total. The van der Waals surface area contributed by atoms with Crippen molar-refractivity contribution in [2.75, 3.05) is 0 Å². The number of nitrogens with zero attached hydrogens (tertiary/aromatic N) is 2. The molecule has 4 aromatic rings. The van der Waals surface area contributed by atoms with Crippen LogP contribution in [0.2, 0.25) is 0 Å². The number of aromatic hydroxyl groups is 1. The number of fused-ring (bicyclic) bond motifs is 2. The second-order valence-electron chi connectivity index (χ2n) is 5.93. The fraction of sp³-hybridized carbons (Fsp3) is 0. The summed E-state index contributed by atoms with van der Waals surface area (Å²) in [5.41, 5.74) is 1.00. The van der Waals surface area contributed by atoms with Crippen molar-refractivity contribution < 1.29 is 18.1 Å². The lowest BCUT2D eigenvalue weighted by molar-refractivity contribution is 0.464. The number of phenols is 1. The molecule has 0 aromatic heterocycles. The van der Waals surface area contributed by atoms with Crippen LogP contribution in [0.3, 0.4) is 0 Å². The first-order chi connectivity index (χ1) is 12.9. The number of azo groups is 1. The molecule has 4 rings (SSSR count). The maximum Gasteiger partial charge on any atom is 0.125 e. The second-order valence-corrected chi connectivity index (χ2v) is 7.28. The first kappa shape index (κ1) is 17.1. The summed E-state index contributed by atoms with van der Waals surface area (Å²) in [6, 6.07) is 19.8. The molecule has 0 aliphatic carbocycles. The number of rotatable bonds is 3. The molecule has 0 amide bonds.